The number of morpholine rings is 1. The quantitative estimate of drug-likeness (QED) is 0.868. The van der Waals surface area contributed by atoms with E-state index < -0.39 is 0 Å². The summed E-state index contributed by atoms with van der Waals surface area (Å²) < 4.78 is 11.0. The molecule has 2 aromatic rings. The van der Waals surface area contributed by atoms with Crippen LogP contribution in [0.5, 0.6) is 5.75 Å². The van der Waals surface area contributed by atoms with Gasteiger partial charge in [-0.15, -0.1) is 0 Å². The van der Waals surface area contributed by atoms with Crippen molar-refractivity contribution >= 4 is 10.9 Å². The van der Waals surface area contributed by atoms with Crippen LogP contribution in [0.1, 0.15) is 30.9 Å². The van der Waals surface area contributed by atoms with Crippen molar-refractivity contribution < 1.29 is 9.47 Å². The number of benzene rings is 1. The zero-order valence-electron chi connectivity index (χ0n) is 13.6. The number of aromatic nitrogens is 1. The molecule has 0 atom stereocenters. The first kappa shape index (κ1) is 15.3. The monoisotopic (exact) mass is 300 g/mol. The molecule has 1 aliphatic heterocycles. The highest BCUT2D eigenvalue weighted by Gasteiger charge is 2.16. The average molecular weight is 300 g/mol. The average Bonchev–Trinajstić information content (AvgIpc) is 2.55. The van der Waals surface area contributed by atoms with Crippen LogP contribution in [0, 0.1) is 0 Å². The van der Waals surface area contributed by atoms with Crippen molar-refractivity contribution in [3.05, 3.63) is 35.5 Å². The summed E-state index contributed by atoms with van der Waals surface area (Å²) in [7, 11) is 1.73. The van der Waals surface area contributed by atoms with E-state index in [9.17, 15) is 0 Å². The van der Waals surface area contributed by atoms with Crippen LogP contribution < -0.4 is 4.74 Å². The summed E-state index contributed by atoms with van der Waals surface area (Å²) in [4.78, 5) is 7.07. The van der Waals surface area contributed by atoms with Crippen LogP contribution in [0.3, 0.4) is 0 Å². The van der Waals surface area contributed by atoms with Crippen LogP contribution in [0.4, 0.5) is 0 Å². The van der Waals surface area contributed by atoms with E-state index in [0.29, 0.717) is 5.92 Å². The summed E-state index contributed by atoms with van der Waals surface area (Å²) in [5, 5.41) is 1.21. The van der Waals surface area contributed by atoms with Gasteiger partial charge in [-0.2, -0.15) is 0 Å². The first-order chi connectivity index (χ1) is 10.7. The van der Waals surface area contributed by atoms with E-state index in [2.05, 4.69) is 41.9 Å². The van der Waals surface area contributed by atoms with E-state index >= 15 is 0 Å². The Morgan fingerprint density at radius 1 is 1.27 bits per heavy atom. The smallest absolute Gasteiger partial charge is 0.119 e. The molecule has 22 heavy (non-hydrogen) atoms. The Bertz CT molecular complexity index is 649. The SMILES string of the molecule is COc1cc(CN2CCOCC2)c2nccc(C(C)C)c2c1. The van der Waals surface area contributed by atoms with E-state index in [1.165, 1.54) is 16.5 Å². The van der Waals surface area contributed by atoms with E-state index in [1.807, 2.05) is 6.20 Å². The topological polar surface area (TPSA) is 34.6 Å². The molecule has 4 heteroatoms. The Labute approximate surface area is 132 Å². The van der Waals surface area contributed by atoms with Gasteiger partial charge in [0, 0.05) is 31.2 Å². The summed E-state index contributed by atoms with van der Waals surface area (Å²) in [6.07, 6.45) is 1.92. The maximum atomic E-state index is 5.52. The van der Waals surface area contributed by atoms with E-state index in [-0.39, 0.29) is 0 Å². The molecule has 0 unspecified atom stereocenters. The van der Waals surface area contributed by atoms with E-state index in [1.54, 1.807) is 7.11 Å². The maximum Gasteiger partial charge on any atom is 0.119 e. The highest BCUT2D eigenvalue weighted by Crippen LogP contribution is 2.30. The lowest BCUT2D eigenvalue weighted by atomic mass is 9.97. The molecule has 1 saturated heterocycles. The van der Waals surface area contributed by atoms with Gasteiger partial charge in [0.25, 0.3) is 0 Å². The van der Waals surface area contributed by atoms with Crippen molar-refractivity contribution in [1.29, 1.82) is 0 Å². The second-order valence-electron chi connectivity index (χ2n) is 6.13. The van der Waals surface area contributed by atoms with Gasteiger partial charge < -0.3 is 9.47 Å². The molecule has 3 rings (SSSR count). The van der Waals surface area contributed by atoms with Crippen molar-refractivity contribution in [2.24, 2.45) is 0 Å². The number of fused-ring (bicyclic) bond motifs is 1. The second kappa shape index (κ2) is 6.63. The van der Waals surface area contributed by atoms with Crippen LogP contribution in [-0.4, -0.2) is 43.3 Å². The highest BCUT2D eigenvalue weighted by molar-refractivity contribution is 5.87. The van der Waals surface area contributed by atoms with E-state index in [0.717, 1.165) is 44.1 Å². The van der Waals surface area contributed by atoms with Crippen LogP contribution in [0.25, 0.3) is 10.9 Å². The zero-order chi connectivity index (χ0) is 15.5. The third-order valence-electron chi connectivity index (χ3n) is 4.29. The fourth-order valence-corrected chi connectivity index (χ4v) is 3.06. The predicted octanol–water partition coefficient (Wildman–Crippen LogP) is 3.20. The lowest BCUT2D eigenvalue weighted by Gasteiger charge is -2.27. The van der Waals surface area contributed by atoms with E-state index in [4.69, 9.17) is 9.47 Å². The van der Waals surface area contributed by atoms with Gasteiger partial charge in [-0.05, 0) is 35.2 Å². The number of pyridine rings is 1. The van der Waals surface area contributed by atoms with Gasteiger partial charge in [-0.3, -0.25) is 9.88 Å². The minimum Gasteiger partial charge on any atom is -0.497 e. The molecule has 0 radical (unpaired) electrons. The third-order valence-corrected chi connectivity index (χ3v) is 4.29. The van der Waals surface area contributed by atoms with Crippen LogP contribution >= 0.6 is 0 Å². The minimum atomic E-state index is 0.467. The number of ether oxygens (including phenoxy) is 2. The van der Waals surface area contributed by atoms with Gasteiger partial charge >= 0.3 is 0 Å². The molecular formula is C18H24N2O2. The molecule has 1 aromatic carbocycles. The van der Waals surface area contributed by atoms with Gasteiger partial charge in [-0.1, -0.05) is 13.8 Å². The van der Waals surface area contributed by atoms with Crippen molar-refractivity contribution in [1.82, 2.24) is 9.88 Å². The standard InChI is InChI=1S/C18H24N2O2/c1-13(2)16-4-5-19-18-14(10-15(21-3)11-17(16)18)12-20-6-8-22-9-7-20/h4-5,10-11,13H,6-9,12H2,1-3H3. The Morgan fingerprint density at radius 3 is 2.73 bits per heavy atom. The summed E-state index contributed by atoms with van der Waals surface area (Å²) in [5.74, 6) is 1.37. The Morgan fingerprint density at radius 2 is 2.05 bits per heavy atom. The molecule has 0 saturated carbocycles. The van der Waals surface area contributed by atoms with Crippen LogP contribution in [0.15, 0.2) is 24.4 Å². The molecule has 0 N–H and O–H groups in total. The Hall–Kier alpha value is -1.65. The van der Waals surface area contributed by atoms with Gasteiger partial charge in [0.1, 0.15) is 5.75 Å². The second-order valence-corrected chi connectivity index (χ2v) is 6.13. The van der Waals surface area contributed by atoms with Crippen molar-refractivity contribution in [3.8, 4) is 5.75 Å². The van der Waals surface area contributed by atoms with Crippen molar-refractivity contribution in [2.75, 3.05) is 33.4 Å². The molecule has 0 bridgehead atoms. The normalized spacial score (nSPS) is 16.4. The molecule has 118 valence electrons. The first-order valence-corrected chi connectivity index (χ1v) is 7.94. The number of hydrogen-bond donors (Lipinski definition) is 0. The largest absolute Gasteiger partial charge is 0.497 e. The fourth-order valence-electron chi connectivity index (χ4n) is 3.06. The maximum absolute atomic E-state index is 5.52. The molecule has 0 amide bonds. The van der Waals surface area contributed by atoms with Crippen LogP contribution in [-0.2, 0) is 11.3 Å². The van der Waals surface area contributed by atoms with Gasteiger partial charge in [0.05, 0.1) is 25.8 Å². The minimum absolute atomic E-state index is 0.467. The summed E-state index contributed by atoms with van der Waals surface area (Å²) >= 11 is 0. The summed E-state index contributed by atoms with van der Waals surface area (Å²) in [5.41, 5.74) is 3.66. The first-order valence-electron chi connectivity index (χ1n) is 7.94. The zero-order valence-corrected chi connectivity index (χ0v) is 13.6. The van der Waals surface area contributed by atoms with Crippen molar-refractivity contribution in [2.45, 2.75) is 26.3 Å². The van der Waals surface area contributed by atoms with Gasteiger partial charge in [0.2, 0.25) is 0 Å². The predicted molar refractivity (Wildman–Crippen MR) is 88.5 cm³/mol. The lowest BCUT2D eigenvalue weighted by Crippen LogP contribution is -2.35. The lowest BCUT2D eigenvalue weighted by molar-refractivity contribution is 0.0343. The molecule has 4 nitrogen and oxygen atoms in total. The van der Waals surface area contributed by atoms with Gasteiger partial charge in [-0.25, -0.2) is 0 Å². The number of methoxy groups -OCH3 is 1. The molecule has 1 aliphatic rings. The van der Waals surface area contributed by atoms with Crippen LogP contribution in [0.2, 0.25) is 0 Å². The molecule has 0 aliphatic carbocycles. The number of nitrogens with zero attached hydrogens (tertiary/aromatic N) is 2. The molecule has 1 fully saturated rings. The summed E-state index contributed by atoms with van der Waals surface area (Å²) in [6.45, 7) is 8.90. The summed E-state index contributed by atoms with van der Waals surface area (Å²) in [6, 6.07) is 6.35. The van der Waals surface area contributed by atoms with Crippen molar-refractivity contribution in [3.63, 3.8) is 0 Å². The molecule has 1 aromatic heterocycles. The number of hydrogen-bond acceptors (Lipinski definition) is 4. The molecule has 0 spiro atoms. The third kappa shape index (κ3) is 3.08. The molecular weight excluding hydrogens is 276 g/mol. The molecule has 2 heterocycles. The highest BCUT2D eigenvalue weighted by atomic mass is 16.5. The Balaban J connectivity index is 2.05. The number of rotatable bonds is 4. The fraction of sp³-hybridized carbons (Fsp3) is 0.500. The van der Waals surface area contributed by atoms with Gasteiger partial charge in [0.15, 0.2) is 0 Å². The Kier molecular flexibility index (Phi) is 4.60.